The van der Waals surface area contributed by atoms with Crippen molar-refractivity contribution < 1.29 is 9.59 Å². The number of nitrogens with one attached hydrogen (secondary N) is 2. The number of carbonyl (C=O) groups is 2. The van der Waals surface area contributed by atoms with Crippen LogP contribution in [0, 0.1) is 0 Å². The van der Waals surface area contributed by atoms with Crippen molar-refractivity contribution in [3.63, 3.8) is 0 Å². The molecule has 0 aliphatic heterocycles. The minimum absolute atomic E-state index is 0.0546. The van der Waals surface area contributed by atoms with Crippen molar-refractivity contribution >= 4 is 11.8 Å². The summed E-state index contributed by atoms with van der Waals surface area (Å²) >= 11 is 0. The Bertz CT molecular complexity index is 269. The monoisotopic (exact) mass is 227 g/mol. The molecule has 1 atom stereocenters. The van der Waals surface area contributed by atoms with E-state index in [9.17, 15) is 9.59 Å². The van der Waals surface area contributed by atoms with E-state index in [1.54, 1.807) is 6.08 Å². The van der Waals surface area contributed by atoms with Gasteiger partial charge in [-0.05, 0) is 27.2 Å². The molecular formula is C11H21N3O2. The zero-order chi connectivity index (χ0) is 12.8. The number of nitrogens with two attached hydrogens (primary N) is 1. The van der Waals surface area contributed by atoms with Gasteiger partial charge in [-0.2, -0.15) is 0 Å². The fraction of sp³-hybridized carbons (Fsp3) is 0.636. The third-order valence-corrected chi connectivity index (χ3v) is 1.69. The molecule has 1 unspecified atom stereocenters. The lowest BCUT2D eigenvalue weighted by atomic mass is 10.1. The van der Waals surface area contributed by atoms with Crippen LogP contribution >= 0.6 is 0 Å². The second-order valence-electron chi connectivity index (χ2n) is 4.65. The van der Waals surface area contributed by atoms with E-state index >= 15 is 0 Å². The lowest BCUT2D eigenvalue weighted by molar-refractivity contribution is -0.127. The van der Waals surface area contributed by atoms with Crippen LogP contribution in [0.5, 0.6) is 0 Å². The van der Waals surface area contributed by atoms with Crippen LogP contribution in [-0.4, -0.2) is 29.9 Å². The predicted molar refractivity (Wildman–Crippen MR) is 63.7 cm³/mol. The molecule has 0 fully saturated rings. The summed E-state index contributed by atoms with van der Waals surface area (Å²) in [7, 11) is 0. The standard InChI is InChI=1S/C11H21N3O2/c1-5-6-8(12)10(16)13-7-9(15)14-11(2,3)4/h5,8H,1,6-7,12H2,2-4H3,(H,13,16)(H,14,15). The predicted octanol–water partition coefficient (Wildman–Crippen LogP) is -0.0793. The Labute approximate surface area is 96.5 Å². The summed E-state index contributed by atoms with van der Waals surface area (Å²) in [5, 5.41) is 5.20. The molecule has 4 N–H and O–H groups in total. The van der Waals surface area contributed by atoms with Gasteiger partial charge in [0.15, 0.2) is 0 Å². The summed E-state index contributed by atoms with van der Waals surface area (Å²) in [5.74, 6) is -0.574. The molecule has 0 aromatic carbocycles. The number of rotatable bonds is 5. The molecule has 2 amide bonds. The van der Waals surface area contributed by atoms with Gasteiger partial charge in [0.05, 0.1) is 12.6 Å². The molecule has 0 radical (unpaired) electrons. The van der Waals surface area contributed by atoms with E-state index in [1.807, 2.05) is 20.8 Å². The molecule has 5 heteroatoms. The molecule has 0 spiro atoms. The van der Waals surface area contributed by atoms with E-state index in [0.717, 1.165) is 0 Å². The third-order valence-electron chi connectivity index (χ3n) is 1.69. The molecule has 0 aromatic heterocycles. The molecule has 0 aromatic rings. The van der Waals surface area contributed by atoms with Gasteiger partial charge in [0.25, 0.3) is 0 Å². The van der Waals surface area contributed by atoms with Crippen LogP contribution in [0.25, 0.3) is 0 Å². The maximum atomic E-state index is 11.4. The normalized spacial score (nSPS) is 12.8. The average Bonchev–Trinajstić information content (AvgIpc) is 2.11. The Morgan fingerprint density at radius 2 is 2.00 bits per heavy atom. The Hall–Kier alpha value is -1.36. The second kappa shape index (κ2) is 6.27. The van der Waals surface area contributed by atoms with Crippen molar-refractivity contribution in [1.29, 1.82) is 0 Å². The van der Waals surface area contributed by atoms with Gasteiger partial charge in [-0.1, -0.05) is 6.08 Å². The first-order valence-corrected chi connectivity index (χ1v) is 5.21. The maximum Gasteiger partial charge on any atom is 0.239 e. The Kier molecular flexibility index (Phi) is 5.74. The van der Waals surface area contributed by atoms with Crippen molar-refractivity contribution in [2.45, 2.75) is 38.8 Å². The van der Waals surface area contributed by atoms with Crippen LogP contribution in [-0.2, 0) is 9.59 Å². The number of amides is 2. The molecule has 0 rings (SSSR count). The van der Waals surface area contributed by atoms with E-state index in [-0.39, 0.29) is 23.9 Å². The van der Waals surface area contributed by atoms with Gasteiger partial charge in [0, 0.05) is 5.54 Å². The molecule has 16 heavy (non-hydrogen) atoms. The van der Waals surface area contributed by atoms with Gasteiger partial charge < -0.3 is 16.4 Å². The van der Waals surface area contributed by atoms with Crippen LogP contribution < -0.4 is 16.4 Å². The molecule has 0 aliphatic rings. The fourth-order valence-corrected chi connectivity index (χ4v) is 1.05. The van der Waals surface area contributed by atoms with Crippen molar-refractivity contribution in [2.75, 3.05) is 6.54 Å². The number of hydrogen-bond donors (Lipinski definition) is 3. The summed E-state index contributed by atoms with van der Waals surface area (Å²) in [5.41, 5.74) is 5.23. The summed E-state index contributed by atoms with van der Waals surface area (Å²) in [6.07, 6.45) is 1.96. The first-order chi connectivity index (χ1) is 7.26. The Morgan fingerprint density at radius 1 is 1.44 bits per heavy atom. The molecule has 0 saturated heterocycles. The van der Waals surface area contributed by atoms with Gasteiger partial charge in [0.2, 0.25) is 11.8 Å². The van der Waals surface area contributed by atoms with Gasteiger partial charge in [0.1, 0.15) is 0 Å². The largest absolute Gasteiger partial charge is 0.350 e. The second-order valence-corrected chi connectivity index (χ2v) is 4.65. The molecule has 0 aliphatic carbocycles. The topological polar surface area (TPSA) is 84.2 Å². The zero-order valence-electron chi connectivity index (χ0n) is 10.2. The Balaban J connectivity index is 3.92. The van der Waals surface area contributed by atoms with Crippen molar-refractivity contribution in [1.82, 2.24) is 10.6 Å². The quantitative estimate of drug-likeness (QED) is 0.574. The molecule has 0 saturated carbocycles. The van der Waals surface area contributed by atoms with E-state index in [1.165, 1.54) is 0 Å². The van der Waals surface area contributed by atoms with E-state index in [0.29, 0.717) is 6.42 Å². The minimum Gasteiger partial charge on any atom is -0.350 e. The van der Waals surface area contributed by atoms with E-state index in [2.05, 4.69) is 17.2 Å². The zero-order valence-corrected chi connectivity index (χ0v) is 10.2. The first-order valence-electron chi connectivity index (χ1n) is 5.21. The minimum atomic E-state index is -0.639. The van der Waals surface area contributed by atoms with E-state index in [4.69, 9.17) is 5.73 Å². The molecular weight excluding hydrogens is 206 g/mol. The van der Waals surface area contributed by atoms with Gasteiger partial charge in [-0.25, -0.2) is 0 Å². The first kappa shape index (κ1) is 14.6. The van der Waals surface area contributed by atoms with Crippen LogP contribution in [0.1, 0.15) is 27.2 Å². The highest BCUT2D eigenvalue weighted by Crippen LogP contribution is 1.97. The summed E-state index contributed by atoms with van der Waals surface area (Å²) < 4.78 is 0. The maximum absolute atomic E-state index is 11.4. The van der Waals surface area contributed by atoms with Gasteiger partial charge in [-0.3, -0.25) is 9.59 Å². The molecule has 0 bridgehead atoms. The average molecular weight is 227 g/mol. The van der Waals surface area contributed by atoms with Crippen LogP contribution in [0.15, 0.2) is 12.7 Å². The summed E-state index contributed by atoms with van der Waals surface area (Å²) in [6, 6.07) is -0.639. The van der Waals surface area contributed by atoms with Crippen LogP contribution in [0.3, 0.4) is 0 Å². The van der Waals surface area contributed by atoms with Gasteiger partial charge in [-0.15, -0.1) is 6.58 Å². The third kappa shape index (κ3) is 7.00. The highest BCUT2D eigenvalue weighted by Gasteiger charge is 2.16. The number of hydrogen-bond acceptors (Lipinski definition) is 3. The summed E-state index contributed by atoms with van der Waals surface area (Å²) in [4.78, 5) is 22.7. The lowest BCUT2D eigenvalue weighted by Crippen LogP contribution is -2.48. The van der Waals surface area contributed by atoms with Crippen LogP contribution in [0.2, 0.25) is 0 Å². The van der Waals surface area contributed by atoms with Gasteiger partial charge >= 0.3 is 0 Å². The van der Waals surface area contributed by atoms with E-state index < -0.39 is 6.04 Å². The lowest BCUT2D eigenvalue weighted by Gasteiger charge is -2.20. The highest BCUT2D eigenvalue weighted by molar-refractivity contribution is 5.87. The van der Waals surface area contributed by atoms with Crippen molar-refractivity contribution in [3.8, 4) is 0 Å². The smallest absolute Gasteiger partial charge is 0.239 e. The molecule has 0 heterocycles. The fourth-order valence-electron chi connectivity index (χ4n) is 1.05. The molecule has 5 nitrogen and oxygen atoms in total. The summed E-state index contributed by atoms with van der Waals surface area (Å²) in [6.45, 7) is 9.05. The molecule has 92 valence electrons. The van der Waals surface area contributed by atoms with Crippen molar-refractivity contribution in [3.05, 3.63) is 12.7 Å². The Morgan fingerprint density at radius 3 is 2.44 bits per heavy atom. The highest BCUT2D eigenvalue weighted by atomic mass is 16.2. The number of carbonyl (C=O) groups excluding carboxylic acids is 2. The SMILES string of the molecule is C=CCC(N)C(=O)NCC(=O)NC(C)(C)C. The van der Waals surface area contributed by atoms with Crippen molar-refractivity contribution in [2.24, 2.45) is 5.73 Å². The van der Waals surface area contributed by atoms with Crippen LogP contribution in [0.4, 0.5) is 0 Å².